The van der Waals surface area contributed by atoms with E-state index in [-0.39, 0.29) is 11.9 Å². The summed E-state index contributed by atoms with van der Waals surface area (Å²) >= 11 is 0. The molecule has 0 bridgehead atoms. The number of rotatable bonds is 5. The highest BCUT2D eigenvalue weighted by Gasteiger charge is 2.22. The molecule has 0 aliphatic carbocycles. The standard InChI is InChI=1S/C15H22O2/c1-5-6-7-13(15(16)17-4)14-10-11(2)8-9-12(14)3/h8-10,13H,5-7H2,1-4H3. The molecule has 1 aromatic rings. The largest absolute Gasteiger partial charge is 0.469 e. The molecule has 1 aromatic carbocycles. The molecule has 1 atom stereocenters. The maximum Gasteiger partial charge on any atom is 0.313 e. The van der Waals surface area contributed by atoms with Crippen LogP contribution in [0.25, 0.3) is 0 Å². The molecule has 94 valence electrons. The van der Waals surface area contributed by atoms with Crippen molar-refractivity contribution in [3.8, 4) is 0 Å². The predicted octanol–water partition coefficient (Wildman–Crippen LogP) is 3.75. The average molecular weight is 234 g/mol. The van der Waals surface area contributed by atoms with Crippen LogP contribution in [0, 0.1) is 13.8 Å². The van der Waals surface area contributed by atoms with Gasteiger partial charge in [-0.3, -0.25) is 4.79 Å². The Morgan fingerprint density at radius 3 is 2.65 bits per heavy atom. The van der Waals surface area contributed by atoms with Gasteiger partial charge in [0.15, 0.2) is 0 Å². The molecule has 0 aliphatic rings. The summed E-state index contributed by atoms with van der Waals surface area (Å²) in [7, 11) is 1.46. The first-order chi connectivity index (χ1) is 8.10. The van der Waals surface area contributed by atoms with Gasteiger partial charge in [-0.05, 0) is 31.4 Å². The van der Waals surface area contributed by atoms with Gasteiger partial charge in [-0.2, -0.15) is 0 Å². The van der Waals surface area contributed by atoms with Crippen LogP contribution >= 0.6 is 0 Å². The van der Waals surface area contributed by atoms with Gasteiger partial charge in [0, 0.05) is 0 Å². The van der Waals surface area contributed by atoms with Gasteiger partial charge in [0.2, 0.25) is 0 Å². The van der Waals surface area contributed by atoms with E-state index in [1.54, 1.807) is 0 Å². The average Bonchev–Trinajstić information content (AvgIpc) is 2.33. The van der Waals surface area contributed by atoms with Crippen LogP contribution in [0.15, 0.2) is 18.2 Å². The van der Waals surface area contributed by atoms with E-state index in [1.807, 2.05) is 0 Å². The predicted molar refractivity (Wildman–Crippen MR) is 70.2 cm³/mol. The van der Waals surface area contributed by atoms with E-state index < -0.39 is 0 Å². The van der Waals surface area contributed by atoms with Crippen LogP contribution in [0.2, 0.25) is 0 Å². The van der Waals surface area contributed by atoms with Crippen molar-refractivity contribution in [3.63, 3.8) is 0 Å². The maximum absolute atomic E-state index is 11.9. The first kappa shape index (κ1) is 13.8. The van der Waals surface area contributed by atoms with Crippen molar-refractivity contribution in [3.05, 3.63) is 34.9 Å². The number of benzene rings is 1. The fraction of sp³-hybridized carbons (Fsp3) is 0.533. The number of hydrogen-bond donors (Lipinski definition) is 0. The molecule has 0 aromatic heterocycles. The first-order valence-electron chi connectivity index (χ1n) is 6.25. The van der Waals surface area contributed by atoms with E-state index in [2.05, 4.69) is 39.0 Å². The molecule has 0 heterocycles. The lowest BCUT2D eigenvalue weighted by Crippen LogP contribution is -2.15. The smallest absolute Gasteiger partial charge is 0.313 e. The van der Waals surface area contributed by atoms with Crippen molar-refractivity contribution in [2.45, 2.75) is 46.0 Å². The second-order valence-electron chi connectivity index (χ2n) is 4.58. The van der Waals surface area contributed by atoms with Crippen LogP contribution in [0.1, 0.15) is 48.8 Å². The topological polar surface area (TPSA) is 26.3 Å². The quantitative estimate of drug-likeness (QED) is 0.725. The number of carbonyl (C=O) groups excluding carboxylic acids is 1. The molecular weight excluding hydrogens is 212 g/mol. The van der Waals surface area contributed by atoms with Crippen LogP contribution in [-0.2, 0) is 9.53 Å². The normalized spacial score (nSPS) is 12.2. The highest BCUT2D eigenvalue weighted by molar-refractivity contribution is 5.78. The highest BCUT2D eigenvalue weighted by atomic mass is 16.5. The van der Waals surface area contributed by atoms with E-state index >= 15 is 0 Å². The van der Waals surface area contributed by atoms with Crippen LogP contribution in [-0.4, -0.2) is 13.1 Å². The number of esters is 1. The minimum absolute atomic E-state index is 0.111. The molecule has 0 saturated carbocycles. The molecule has 0 N–H and O–H groups in total. The summed E-state index contributed by atoms with van der Waals surface area (Å²) in [5.41, 5.74) is 3.48. The van der Waals surface area contributed by atoms with Crippen molar-refractivity contribution < 1.29 is 9.53 Å². The zero-order chi connectivity index (χ0) is 12.8. The first-order valence-corrected chi connectivity index (χ1v) is 6.25. The van der Waals surface area contributed by atoms with Crippen LogP contribution in [0.3, 0.4) is 0 Å². The monoisotopic (exact) mass is 234 g/mol. The minimum atomic E-state index is -0.118. The lowest BCUT2D eigenvalue weighted by molar-refractivity contribution is -0.142. The molecule has 17 heavy (non-hydrogen) atoms. The molecule has 0 spiro atoms. The van der Waals surface area contributed by atoms with Crippen LogP contribution in [0.4, 0.5) is 0 Å². The molecule has 2 nitrogen and oxygen atoms in total. The van der Waals surface area contributed by atoms with Crippen LogP contribution < -0.4 is 0 Å². The number of methoxy groups -OCH3 is 1. The van der Waals surface area contributed by atoms with E-state index in [1.165, 1.54) is 18.2 Å². The van der Waals surface area contributed by atoms with Gasteiger partial charge < -0.3 is 4.74 Å². The highest BCUT2D eigenvalue weighted by Crippen LogP contribution is 2.27. The lowest BCUT2D eigenvalue weighted by Gasteiger charge is -2.17. The van der Waals surface area contributed by atoms with E-state index in [0.29, 0.717) is 0 Å². The summed E-state index contributed by atoms with van der Waals surface area (Å²) in [6, 6.07) is 6.26. The number of hydrogen-bond acceptors (Lipinski definition) is 2. The third-order valence-corrected chi connectivity index (χ3v) is 3.14. The Bertz CT molecular complexity index is 383. The maximum atomic E-state index is 11.9. The van der Waals surface area contributed by atoms with Crippen LogP contribution in [0.5, 0.6) is 0 Å². The number of ether oxygens (including phenoxy) is 1. The van der Waals surface area contributed by atoms with Crippen molar-refractivity contribution in [2.75, 3.05) is 7.11 Å². The Kier molecular flexibility index (Phi) is 5.20. The molecule has 0 fully saturated rings. The van der Waals surface area contributed by atoms with Gasteiger partial charge >= 0.3 is 5.97 Å². The van der Waals surface area contributed by atoms with E-state index in [4.69, 9.17) is 4.74 Å². The molecular formula is C15H22O2. The van der Waals surface area contributed by atoms with Gasteiger partial charge in [0.1, 0.15) is 0 Å². The molecule has 0 radical (unpaired) electrons. The fourth-order valence-corrected chi connectivity index (χ4v) is 2.09. The summed E-state index contributed by atoms with van der Waals surface area (Å²) < 4.78 is 4.92. The summed E-state index contributed by atoms with van der Waals surface area (Å²) in [4.78, 5) is 11.9. The zero-order valence-corrected chi connectivity index (χ0v) is 11.2. The third kappa shape index (κ3) is 3.58. The Morgan fingerprint density at radius 1 is 1.35 bits per heavy atom. The van der Waals surface area contributed by atoms with E-state index in [0.717, 1.165) is 24.8 Å². The van der Waals surface area contributed by atoms with Gasteiger partial charge in [0.05, 0.1) is 13.0 Å². The Labute approximate surface area is 104 Å². The second-order valence-corrected chi connectivity index (χ2v) is 4.58. The summed E-state index contributed by atoms with van der Waals surface area (Å²) in [5.74, 6) is -0.230. The molecule has 1 unspecified atom stereocenters. The molecule has 1 rings (SSSR count). The molecule has 2 heteroatoms. The summed E-state index contributed by atoms with van der Waals surface area (Å²) in [6.07, 6.45) is 3.01. The van der Waals surface area contributed by atoms with Gasteiger partial charge in [-0.15, -0.1) is 0 Å². The second kappa shape index (κ2) is 6.43. The van der Waals surface area contributed by atoms with Crippen molar-refractivity contribution in [1.29, 1.82) is 0 Å². The third-order valence-electron chi connectivity index (χ3n) is 3.14. The van der Waals surface area contributed by atoms with E-state index in [9.17, 15) is 4.79 Å². The minimum Gasteiger partial charge on any atom is -0.469 e. The Morgan fingerprint density at radius 2 is 2.06 bits per heavy atom. The Balaban J connectivity index is 3.02. The lowest BCUT2D eigenvalue weighted by atomic mass is 9.89. The zero-order valence-electron chi connectivity index (χ0n) is 11.2. The number of carbonyl (C=O) groups is 1. The van der Waals surface area contributed by atoms with Crippen molar-refractivity contribution >= 4 is 5.97 Å². The molecule has 0 saturated heterocycles. The SMILES string of the molecule is CCCCC(C(=O)OC)c1cc(C)ccc1C. The summed E-state index contributed by atoms with van der Waals surface area (Å²) in [6.45, 7) is 6.24. The van der Waals surface area contributed by atoms with Crippen molar-refractivity contribution in [1.82, 2.24) is 0 Å². The Hall–Kier alpha value is -1.31. The molecule has 0 amide bonds. The van der Waals surface area contributed by atoms with Crippen molar-refractivity contribution in [2.24, 2.45) is 0 Å². The van der Waals surface area contributed by atoms with Gasteiger partial charge in [-0.25, -0.2) is 0 Å². The number of unbranched alkanes of at least 4 members (excludes halogenated alkanes) is 1. The fourth-order valence-electron chi connectivity index (χ4n) is 2.09. The molecule has 0 aliphatic heterocycles. The summed E-state index contributed by atoms with van der Waals surface area (Å²) in [5, 5.41) is 0. The number of aryl methyl sites for hydroxylation is 2. The van der Waals surface area contributed by atoms with Gasteiger partial charge in [-0.1, -0.05) is 43.5 Å². The van der Waals surface area contributed by atoms with Gasteiger partial charge in [0.25, 0.3) is 0 Å².